The quantitative estimate of drug-likeness (QED) is 0.815. The molecule has 1 aromatic carbocycles. The molecular weight excluding hydrogens is 284 g/mol. The molecule has 0 heterocycles. The summed E-state index contributed by atoms with van der Waals surface area (Å²) >= 11 is 0. The molecule has 1 fully saturated rings. The number of rotatable bonds is 3. The zero-order chi connectivity index (χ0) is 15.1. The Kier molecular flexibility index (Phi) is 3.75. The Labute approximate surface area is 111 Å². The molecule has 7 heteroatoms. The summed E-state index contributed by atoms with van der Waals surface area (Å²) in [6.07, 6.45) is -7.37. The first kappa shape index (κ1) is 15.2. The van der Waals surface area contributed by atoms with Crippen molar-refractivity contribution in [2.24, 2.45) is 11.7 Å². The lowest BCUT2D eigenvalue weighted by Crippen LogP contribution is -2.16. The van der Waals surface area contributed by atoms with Crippen molar-refractivity contribution in [1.29, 1.82) is 0 Å². The summed E-state index contributed by atoms with van der Waals surface area (Å²) in [4.78, 5) is 0. The van der Waals surface area contributed by atoms with Gasteiger partial charge in [-0.25, -0.2) is 0 Å². The first-order valence-electron chi connectivity index (χ1n) is 6.12. The minimum absolute atomic E-state index is 0.112. The Hall–Kier alpha value is -1.24. The van der Waals surface area contributed by atoms with Gasteiger partial charge in [0.15, 0.2) is 0 Å². The van der Waals surface area contributed by atoms with Gasteiger partial charge in [-0.15, -0.1) is 0 Å². The molecule has 0 bridgehead atoms. The Morgan fingerprint density at radius 3 is 1.75 bits per heavy atom. The maximum Gasteiger partial charge on any atom is 0.416 e. The van der Waals surface area contributed by atoms with Gasteiger partial charge in [0, 0.05) is 6.04 Å². The van der Waals surface area contributed by atoms with Gasteiger partial charge in [0.1, 0.15) is 0 Å². The molecule has 1 saturated carbocycles. The van der Waals surface area contributed by atoms with Crippen molar-refractivity contribution in [2.75, 3.05) is 0 Å². The summed E-state index contributed by atoms with van der Waals surface area (Å²) in [5.74, 6) is 0.314. The lowest BCUT2D eigenvalue weighted by Gasteiger charge is -2.17. The molecule has 0 aromatic heterocycles. The van der Waals surface area contributed by atoms with E-state index < -0.39 is 29.5 Å². The minimum atomic E-state index is -4.82. The van der Waals surface area contributed by atoms with Crippen molar-refractivity contribution in [3.8, 4) is 0 Å². The average Bonchev–Trinajstić information content (AvgIpc) is 3.10. The van der Waals surface area contributed by atoms with Crippen LogP contribution in [0, 0.1) is 5.92 Å². The number of halogens is 6. The van der Waals surface area contributed by atoms with Gasteiger partial charge in [-0.05, 0) is 36.1 Å². The van der Waals surface area contributed by atoms with E-state index in [-0.39, 0.29) is 11.6 Å². The van der Waals surface area contributed by atoms with E-state index in [0.29, 0.717) is 24.5 Å². The molecular formula is C13H13F6N. The fourth-order valence-electron chi connectivity index (χ4n) is 2.04. The van der Waals surface area contributed by atoms with Gasteiger partial charge in [-0.3, -0.25) is 0 Å². The number of nitrogens with two attached hydrogens (primary N) is 1. The molecule has 1 aliphatic carbocycles. The van der Waals surface area contributed by atoms with Gasteiger partial charge < -0.3 is 5.73 Å². The highest BCUT2D eigenvalue weighted by atomic mass is 19.4. The molecule has 0 aliphatic heterocycles. The number of alkyl halides is 6. The van der Waals surface area contributed by atoms with Crippen molar-refractivity contribution < 1.29 is 26.3 Å². The monoisotopic (exact) mass is 297 g/mol. The van der Waals surface area contributed by atoms with Crippen LogP contribution in [-0.2, 0) is 12.4 Å². The maximum atomic E-state index is 12.7. The fourth-order valence-corrected chi connectivity index (χ4v) is 2.04. The van der Waals surface area contributed by atoms with Gasteiger partial charge >= 0.3 is 12.4 Å². The maximum absolute atomic E-state index is 12.7. The molecule has 1 nitrogen and oxygen atoms in total. The summed E-state index contributed by atoms with van der Waals surface area (Å²) in [5, 5.41) is 0. The standard InChI is InChI=1S/C13H13F6N/c14-12(15,16)9-4-8(11(20)3-7-1-2-7)5-10(6-9)13(17,18)19/h4-7,11H,1-3,20H2/t11-/m0/s1. The van der Waals surface area contributed by atoms with E-state index in [1.165, 1.54) is 0 Å². The highest BCUT2D eigenvalue weighted by Gasteiger charge is 2.37. The average molecular weight is 297 g/mol. The van der Waals surface area contributed by atoms with Crippen LogP contribution in [0.2, 0.25) is 0 Å². The van der Waals surface area contributed by atoms with Crippen LogP contribution in [0.25, 0.3) is 0 Å². The molecule has 0 spiro atoms. The van der Waals surface area contributed by atoms with Gasteiger partial charge in [0.2, 0.25) is 0 Å². The van der Waals surface area contributed by atoms with Crippen LogP contribution in [0.15, 0.2) is 18.2 Å². The minimum Gasteiger partial charge on any atom is -0.324 e. The van der Waals surface area contributed by atoms with Crippen molar-refractivity contribution in [2.45, 2.75) is 37.7 Å². The van der Waals surface area contributed by atoms with Crippen LogP contribution >= 0.6 is 0 Å². The molecule has 2 N–H and O–H groups in total. The topological polar surface area (TPSA) is 26.0 Å². The predicted molar refractivity (Wildman–Crippen MR) is 60.7 cm³/mol. The lowest BCUT2D eigenvalue weighted by atomic mass is 9.97. The molecule has 20 heavy (non-hydrogen) atoms. The highest BCUT2D eigenvalue weighted by molar-refractivity contribution is 5.35. The van der Waals surface area contributed by atoms with Crippen LogP contribution in [0.3, 0.4) is 0 Å². The summed E-state index contributed by atoms with van der Waals surface area (Å²) in [6.45, 7) is 0. The second kappa shape index (κ2) is 4.95. The number of benzene rings is 1. The highest BCUT2D eigenvalue weighted by Crippen LogP contribution is 2.40. The van der Waals surface area contributed by atoms with Gasteiger partial charge in [-0.1, -0.05) is 12.8 Å². The van der Waals surface area contributed by atoms with E-state index in [0.717, 1.165) is 12.8 Å². The molecule has 112 valence electrons. The first-order valence-corrected chi connectivity index (χ1v) is 6.12. The zero-order valence-electron chi connectivity index (χ0n) is 10.4. The van der Waals surface area contributed by atoms with Crippen LogP contribution in [0.5, 0.6) is 0 Å². The summed E-state index contributed by atoms with van der Waals surface area (Å²) < 4.78 is 76.0. The molecule has 0 unspecified atom stereocenters. The van der Waals surface area contributed by atoms with Crippen molar-refractivity contribution in [1.82, 2.24) is 0 Å². The third kappa shape index (κ3) is 3.65. The number of hydrogen-bond acceptors (Lipinski definition) is 1. The third-order valence-corrected chi connectivity index (χ3v) is 3.32. The van der Waals surface area contributed by atoms with Crippen molar-refractivity contribution >= 4 is 0 Å². The van der Waals surface area contributed by atoms with Crippen LogP contribution < -0.4 is 5.73 Å². The van der Waals surface area contributed by atoms with E-state index in [9.17, 15) is 26.3 Å². The van der Waals surface area contributed by atoms with Crippen LogP contribution in [0.1, 0.15) is 42.0 Å². The zero-order valence-corrected chi connectivity index (χ0v) is 10.4. The summed E-state index contributed by atoms with van der Waals surface area (Å²) in [7, 11) is 0. The third-order valence-electron chi connectivity index (χ3n) is 3.32. The van der Waals surface area contributed by atoms with Gasteiger partial charge in [0.25, 0.3) is 0 Å². The SMILES string of the molecule is N[C@@H](CC1CC1)c1cc(C(F)(F)F)cc(C(F)(F)F)c1. The molecule has 1 atom stereocenters. The Balaban J connectivity index is 2.39. The van der Waals surface area contributed by atoms with Crippen LogP contribution in [0.4, 0.5) is 26.3 Å². The van der Waals surface area contributed by atoms with E-state index in [2.05, 4.69) is 0 Å². The van der Waals surface area contributed by atoms with E-state index >= 15 is 0 Å². The molecule has 1 aliphatic rings. The van der Waals surface area contributed by atoms with Gasteiger partial charge in [0.05, 0.1) is 11.1 Å². The van der Waals surface area contributed by atoms with Crippen molar-refractivity contribution in [3.63, 3.8) is 0 Å². The van der Waals surface area contributed by atoms with Crippen LogP contribution in [-0.4, -0.2) is 0 Å². The molecule has 0 amide bonds. The van der Waals surface area contributed by atoms with Crippen molar-refractivity contribution in [3.05, 3.63) is 34.9 Å². The Morgan fingerprint density at radius 1 is 0.950 bits per heavy atom. The van der Waals surface area contributed by atoms with Gasteiger partial charge in [-0.2, -0.15) is 26.3 Å². The molecule has 0 radical (unpaired) electrons. The Bertz CT molecular complexity index is 454. The molecule has 0 saturated heterocycles. The Morgan fingerprint density at radius 2 is 1.40 bits per heavy atom. The van der Waals surface area contributed by atoms with E-state index in [1.807, 2.05) is 0 Å². The molecule has 2 rings (SSSR count). The first-order chi connectivity index (χ1) is 9.07. The summed E-state index contributed by atoms with van der Waals surface area (Å²) in [6, 6.07) is 0.740. The second-order valence-electron chi connectivity index (χ2n) is 5.12. The second-order valence-corrected chi connectivity index (χ2v) is 5.12. The number of hydrogen-bond donors (Lipinski definition) is 1. The summed E-state index contributed by atoms with van der Waals surface area (Å²) in [5.41, 5.74) is 2.99. The van der Waals surface area contributed by atoms with E-state index in [4.69, 9.17) is 5.73 Å². The largest absolute Gasteiger partial charge is 0.416 e. The lowest BCUT2D eigenvalue weighted by molar-refractivity contribution is -0.143. The molecule has 1 aromatic rings. The smallest absolute Gasteiger partial charge is 0.324 e. The normalized spacial score (nSPS) is 18.1. The van der Waals surface area contributed by atoms with E-state index in [1.54, 1.807) is 0 Å². The predicted octanol–water partition coefficient (Wildman–Crippen LogP) is 4.52. The fraction of sp³-hybridized carbons (Fsp3) is 0.538.